The summed E-state index contributed by atoms with van der Waals surface area (Å²) in [7, 11) is 0. The lowest BCUT2D eigenvalue weighted by molar-refractivity contribution is -0.113. The van der Waals surface area contributed by atoms with Crippen molar-refractivity contribution >= 4 is 46.6 Å². The Morgan fingerprint density at radius 1 is 1.25 bits per heavy atom. The number of carbonyl (C=O) groups excluding carboxylic acids is 1. The molecule has 3 rings (SSSR count). The van der Waals surface area contributed by atoms with Crippen LogP contribution in [-0.4, -0.2) is 21.8 Å². The van der Waals surface area contributed by atoms with E-state index in [-0.39, 0.29) is 17.6 Å². The van der Waals surface area contributed by atoms with E-state index in [2.05, 4.69) is 15.5 Å². The number of amides is 1. The van der Waals surface area contributed by atoms with Gasteiger partial charge in [-0.15, -0.1) is 11.8 Å². The van der Waals surface area contributed by atoms with Gasteiger partial charge in [-0.3, -0.25) is 4.79 Å². The summed E-state index contributed by atoms with van der Waals surface area (Å²) in [6.45, 7) is 5.90. The lowest BCUT2D eigenvalue weighted by Crippen LogP contribution is -2.15. The molecule has 1 aromatic heterocycles. The number of aryl methyl sites for hydroxylation is 1. The Hall–Kier alpha value is -2.02. The van der Waals surface area contributed by atoms with Gasteiger partial charge >= 0.3 is 0 Å². The zero-order chi connectivity index (χ0) is 20.3. The van der Waals surface area contributed by atoms with Gasteiger partial charge in [0.05, 0.1) is 22.0 Å². The number of nitrogens with one attached hydrogen (secondary N) is 1. The molecular formula is C20H19Cl2N3O2S. The molecule has 8 heteroatoms. The predicted octanol–water partition coefficient (Wildman–Crippen LogP) is 6.21. The zero-order valence-electron chi connectivity index (χ0n) is 15.6. The molecule has 0 aliphatic heterocycles. The van der Waals surface area contributed by atoms with Gasteiger partial charge in [0.15, 0.2) is 5.82 Å². The van der Waals surface area contributed by atoms with Crippen molar-refractivity contribution in [1.82, 2.24) is 10.1 Å². The number of carbonyl (C=O) groups is 1. The summed E-state index contributed by atoms with van der Waals surface area (Å²) in [5, 5.41) is 8.10. The van der Waals surface area contributed by atoms with E-state index in [9.17, 15) is 4.79 Å². The summed E-state index contributed by atoms with van der Waals surface area (Å²) in [5.74, 6) is 1.18. The Labute approximate surface area is 177 Å². The first kappa shape index (κ1) is 20.7. The van der Waals surface area contributed by atoms with Gasteiger partial charge < -0.3 is 9.84 Å². The molecule has 1 amide bonds. The maximum Gasteiger partial charge on any atom is 0.260 e. The van der Waals surface area contributed by atoms with E-state index >= 15 is 0 Å². The van der Waals surface area contributed by atoms with Gasteiger partial charge in [-0.1, -0.05) is 54.3 Å². The molecule has 0 saturated heterocycles. The van der Waals surface area contributed by atoms with Crippen molar-refractivity contribution in [3.8, 4) is 11.5 Å². The normalized spacial score (nSPS) is 11.1. The van der Waals surface area contributed by atoms with E-state index in [1.807, 2.05) is 39.0 Å². The van der Waals surface area contributed by atoms with Crippen molar-refractivity contribution in [3.63, 3.8) is 0 Å². The van der Waals surface area contributed by atoms with Gasteiger partial charge in [0.2, 0.25) is 5.91 Å². The average Bonchev–Trinajstić information content (AvgIpc) is 3.14. The van der Waals surface area contributed by atoms with Crippen LogP contribution in [0.5, 0.6) is 0 Å². The van der Waals surface area contributed by atoms with Gasteiger partial charge in [-0.25, -0.2) is 0 Å². The highest BCUT2D eigenvalue weighted by molar-refractivity contribution is 8.00. The molecule has 1 heterocycles. The lowest BCUT2D eigenvalue weighted by Gasteiger charge is -2.12. The first-order valence-corrected chi connectivity index (χ1v) is 10.4. The monoisotopic (exact) mass is 435 g/mol. The molecule has 28 heavy (non-hydrogen) atoms. The van der Waals surface area contributed by atoms with E-state index in [1.54, 1.807) is 18.2 Å². The minimum absolute atomic E-state index is 0.152. The van der Waals surface area contributed by atoms with Crippen molar-refractivity contribution in [3.05, 3.63) is 57.8 Å². The standard InChI is InChI=1S/C20H19Cl2N3O2S/c1-11(2)19-24-20(27-25-19)14-6-4-5-12(3)18(14)23-17(26)10-28-16-9-13(21)7-8-15(16)22/h4-9,11H,10H2,1-3H3,(H,23,26). The molecule has 3 aromatic rings. The number of hydrogen-bond donors (Lipinski definition) is 1. The van der Waals surface area contributed by atoms with Crippen LogP contribution in [0.2, 0.25) is 10.0 Å². The zero-order valence-corrected chi connectivity index (χ0v) is 18.0. The number of para-hydroxylation sites is 1. The van der Waals surface area contributed by atoms with Crippen LogP contribution in [0, 0.1) is 6.92 Å². The molecule has 0 unspecified atom stereocenters. The third-order valence-corrected chi connectivity index (χ3v) is 5.71. The highest BCUT2D eigenvalue weighted by Gasteiger charge is 2.18. The predicted molar refractivity (Wildman–Crippen MR) is 114 cm³/mol. The van der Waals surface area contributed by atoms with Crippen LogP contribution < -0.4 is 5.32 Å². The molecule has 146 valence electrons. The van der Waals surface area contributed by atoms with Gasteiger partial charge in [0.25, 0.3) is 5.89 Å². The Morgan fingerprint density at radius 3 is 2.75 bits per heavy atom. The maximum absolute atomic E-state index is 12.6. The second kappa shape index (κ2) is 8.99. The quantitative estimate of drug-likeness (QED) is 0.466. The second-order valence-electron chi connectivity index (χ2n) is 6.52. The Balaban J connectivity index is 1.78. The summed E-state index contributed by atoms with van der Waals surface area (Å²) in [6, 6.07) is 10.8. The van der Waals surface area contributed by atoms with Crippen LogP contribution in [0.3, 0.4) is 0 Å². The molecule has 0 bridgehead atoms. The molecule has 5 nitrogen and oxygen atoms in total. The maximum atomic E-state index is 12.6. The molecule has 0 radical (unpaired) electrons. The number of hydrogen-bond acceptors (Lipinski definition) is 5. The first-order valence-electron chi connectivity index (χ1n) is 8.66. The van der Waals surface area contributed by atoms with Crippen LogP contribution in [0.15, 0.2) is 45.8 Å². The number of rotatable bonds is 6. The van der Waals surface area contributed by atoms with Crippen molar-refractivity contribution in [2.45, 2.75) is 31.6 Å². The number of nitrogens with zero attached hydrogens (tertiary/aromatic N) is 2. The average molecular weight is 436 g/mol. The van der Waals surface area contributed by atoms with Crippen LogP contribution in [0.4, 0.5) is 5.69 Å². The SMILES string of the molecule is Cc1cccc(-c2nc(C(C)C)no2)c1NC(=O)CSc1cc(Cl)ccc1Cl. The number of aromatic nitrogens is 2. The van der Waals surface area contributed by atoms with E-state index in [0.717, 1.165) is 10.5 Å². The smallest absolute Gasteiger partial charge is 0.260 e. The van der Waals surface area contributed by atoms with Crippen LogP contribution in [0.25, 0.3) is 11.5 Å². The van der Waals surface area contributed by atoms with Crippen LogP contribution in [-0.2, 0) is 4.79 Å². The molecule has 0 aliphatic rings. The molecule has 0 aliphatic carbocycles. The number of benzene rings is 2. The van der Waals surface area contributed by atoms with Crippen LogP contribution in [0.1, 0.15) is 31.2 Å². The van der Waals surface area contributed by atoms with Crippen molar-refractivity contribution < 1.29 is 9.32 Å². The number of anilines is 1. The third kappa shape index (κ3) is 4.87. The van der Waals surface area contributed by atoms with Crippen LogP contribution >= 0.6 is 35.0 Å². The molecule has 0 atom stereocenters. The summed E-state index contributed by atoms with van der Waals surface area (Å²) >= 11 is 13.5. The molecule has 0 saturated carbocycles. The van der Waals surface area contributed by atoms with Gasteiger partial charge in [0.1, 0.15) is 0 Å². The fourth-order valence-corrected chi connectivity index (χ4v) is 3.79. The van der Waals surface area contributed by atoms with Gasteiger partial charge in [-0.2, -0.15) is 4.98 Å². The molecular weight excluding hydrogens is 417 g/mol. The second-order valence-corrected chi connectivity index (χ2v) is 8.38. The summed E-state index contributed by atoms with van der Waals surface area (Å²) in [4.78, 5) is 17.8. The van der Waals surface area contributed by atoms with E-state index in [1.165, 1.54) is 11.8 Å². The molecule has 0 fully saturated rings. The van der Waals surface area contributed by atoms with Crippen molar-refractivity contribution in [1.29, 1.82) is 0 Å². The molecule has 0 spiro atoms. The third-order valence-electron chi connectivity index (χ3n) is 3.98. The fourth-order valence-electron chi connectivity index (χ4n) is 2.50. The van der Waals surface area contributed by atoms with E-state index in [0.29, 0.717) is 33.0 Å². The van der Waals surface area contributed by atoms with E-state index in [4.69, 9.17) is 27.7 Å². The highest BCUT2D eigenvalue weighted by Crippen LogP contribution is 2.32. The number of thioether (sulfide) groups is 1. The van der Waals surface area contributed by atoms with E-state index < -0.39 is 0 Å². The summed E-state index contributed by atoms with van der Waals surface area (Å²) in [5.41, 5.74) is 2.25. The minimum Gasteiger partial charge on any atom is -0.334 e. The Kier molecular flexibility index (Phi) is 6.65. The van der Waals surface area contributed by atoms with Crippen molar-refractivity contribution in [2.75, 3.05) is 11.1 Å². The summed E-state index contributed by atoms with van der Waals surface area (Å²) < 4.78 is 5.40. The first-order chi connectivity index (χ1) is 13.3. The minimum atomic E-state index is -0.166. The molecule has 1 N–H and O–H groups in total. The Morgan fingerprint density at radius 2 is 2.04 bits per heavy atom. The largest absolute Gasteiger partial charge is 0.334 e. The topological polar surface area (TPSA) is 68.0 Å². The fraction of sp³-hybridized carbons (Fsp3) is 0.250. The van der Waals surface area contributed by atoms with Crippen molar-refractivity contribution in [2.24, 2.45) is 0 Å². The number of halogens is 2. The van der Waals surface area contributed by atoms with Gasteiger partial charge in [-0.05, 0) is 36.8 Å². The lowest BCUT2D eigenvalue weighted by atomic mass is 10.1. The summed E-state index contributed by atoms with van der Waals surface area (Å²) in [6.07, 6.45) is 0. The molecule has 2 aromatic carbocycles. The highest BCUT2D eigenvalue weighted by atomic mass is 35.5. The van der Waals surface area contributed by atoms with Gasteiger partial charge in [0, 0.05) is 15.8 Å². The Bertz CT molecular complexity index is 1000.